The van der Waals surface area contributed by atoms with Crippen LogP contribution in [0.4, 0.5) is 0 Å². The zero-order valence-electron chi connectivity index (χ0n) is 7.34. The quantitative estimate of drug-likeness (QED) is 0.671. The van der Waals surface area contributed by atoms with E-state index in [0.29, 0.717) is 4.60 Å². The Labute approximate surface area is 65.4 Å². The van der Waals surface area contributed by atoms with Gasteiger partial charge in [0.15, 0.2) is 0 Å². The Balaban J connectivity index is 2.77. The lowest BCUT2D eigenvalue weighted by molar-refractivity contribution is 0.394. The lowest BCUT2D eigenvalue weighted by Gasteiger charge is -1.94. The largest absolute Gasteiger partial charge is 0.480 e. The highest BCUT2D eigenvalue weighted by atomic mass is 79.9. The Bertz CT molecular complexity index is 278. The maximum Gasteiger partial charge on any atom is 0.233 e. The Morgan fingerprint density at radius 3 is 3.33 bits per heavy atom. The number of hydrogen-bond donors (Lipinski definition) is 0. The van der Waals surface area contributed by atoms with E-state index in [9.17, 15) is 0 Å². The summed E-state index contributed by atoms with van der Waals surface area (Å²) in [6, 6.07) is 0. The SMILES string of the molecule is [2H]C([2H])([2H])Oc1cncc(Br)n1. The number of ether oxygens (including phenoxy) is 1. The molecule has 0 saturated carbocycles. The lowest BCUT2D eigenvalue weighted by atomic mass is 10.7. The fourth-order valence-corrected chi connectivity index (χ4v) is 0.668. The monoisotopic (exact) mass is 191 g/mol. The molecule has 1 rings (SSSR count). The van der Waals surface area contributed by atoms with Gasteiger partial charge >= 0.3 is 0 Å². The third-order valence-corrected chi connectivity index (χ3v) is 1.07. The smallest absolute Gasteiger partial charge is 0.233 e. The van der Waals surface area contributed by atoms with Gasteiger partial charge in [0.2, 0.25) is 5.88 Å². The van der Waals surface area contributed by atoms with Crippen molar-refractivity contribution < 1.29 is 8.85 Å². The maximum atomic E-state index is 6.77. The van der Waals surface area contributed by atoms with Gasteiger partial charge in [-0.3, -0.25) is 4.98 Å². The van der Waals surface area contributed by atoms with Crippen LogP contribution in [-0.4, -0.2) is 17.0 Å². The van der Waals surface area contributed by atoms with Crippen LogP contribution >= 0.6 is 15.9 Å². The summed E-state index contributed by atoms with van der Waals surface area (Å²) >= 11 is 3.03. The van der Waals surface area contributed by atoms with Crippen LogP contribution in [0.2, 0.25) is 0 Å². The van der Waals surface area contributed by atoms with Gasteiger partial charge in [0.1, 0.15) is 4.60 Å². The lowest BCUT2D eigenvalue weighted by Crippen LogP contribution is -1.87. The molecule has 4 heteroatoms. The number of hydrogen-bond acceptors (Lipinski definition) is 3. The third-order valence-electron chi connectivity index (χ3n) is 0.688. The highest BCUT2D eigenvalue weighted by Gasteiger charge is 1.91. The van der Waals surface area contributed by atoms with Gasteiger partial charge in [0.25, 0.3) is 0 Å². The summed E-state index contributed by atoms with van der Waals surface area (Å²) < 4.78 is 25.2. The topological polar surface area (TPSA) is 35.0 Å². The summed E-state index contributed by atoms with van der Waals surface area (Å²) in [5.74, 6) is -0.0237. The Morgan fingerprint density at radius 2 is 2.67 bits per heavy atom. The predicted molar refractivity (Wildman–Crippen MR) is 36.3 cm³/mol. The summed E-state index contributed by atoms with van der Waals surface area (Å²) in [5, 5.41) is 0. The molecule has 0 unspecified atom stereocenters. The van der Waals surface area contributed by atoms with Gasteiger partial charge in [0.05, 0.1) is 23.5 Å². The number of aromatic nitrogens is 2. The maximum absolute atomic E-state index is 6.77. The normalized spacial score (nSPS) is 15.4. The molecule has 0 N–H and O–H groups in total. The first kappa shape index (κ1) is 3.51. The van der Waals surface area contributed by atoms with Crippen LogP contribution in [0, 0.1) is 0 Å². The summed E-state index contributed by atoms with van der Waals surface area (Å²) in [6.07, 6.45) is 2.67. The minimum Gasteiger partial charge on any atom is -0.480 e. The van der Waals surface area contributed by atoms with E-state index >= 15 is 0 Å². The van der Waals surface area contributed by atoms with Gasteiger partial charge in [0, 0.05) is 0 Å². The van der Waals surface area contributed by atoms with Crippen molar-refractivity contribution in [1.82, 2.24) is 9.97 Å². The van der Waals surface area contributed by atoms with Gasteiger partial charge in [-0.1, -0.05) is 0 Å². The summed E-state index contributed by atoms with van der Waals surface area (Å²) in [4.78, 5) is 7.41. The number of nitrogens with zero attached hydrogens (tertiary/aromatic N) is 2. The van der Waals surface area contributed by atoms with E-state index in [2.05, 4.69) is 30.6 Å². The predicted octanol–water partition coefficient (Wildman–Crippen LogP) is 1.25. The van der Waals surface area contributed by atoms with Gasteiger partial charge in [-0.25, -0.2) is 4.98 Å². The van der Waals surface area contributed by atoms with Crippen molar-refractivity contribution in [3.05, 3.63) is 17.0 Å². The van der Waals surface area contributed by atoms with Crippen LogP contribution in [0.25, 0.3) is 0 Å². The van der Waals surface area contributed by atoms with Crippen molar-refractivity contribution in [3.63, 3.8) is 0 Å². The standard InChI is InChI=1S/C5H5BrN2O/c1-9-5-3-7-2-4(6)8-5/h2-3H,1H3/i1D3. The van der Waals surface area contributed by atoms with Gasteiger partial charge in [-0.15, -0.1) is 0 Å². The fraction of sp³-hybridized carbons (Fsp3) is 0.200. The second kappa shape index (κ2) is 2.77. The van der Waals surface area contributed by atoms with Gasteiger partial charge in [-0.2, -0.15) is 0 Å². The molecule has 3 nitrogen and oxygen atoms in total. The Kier molecular flexibility index (Phi) is 1.08. The molecule has 0 saturated heterocycles. The summed E-state index contributed by atoms with van der Waals surface area (Å²) in [6.45, 7) is 0. The number of methoxy groups -OCH3 is 1. The molecule has 48 valence electrons. The van der Waals surface area contributed by atoms with Crippen LogP contribution in [0.5, 0.6) is 5.88 Å². The van der Waals surface area contributed by atoms with Crippen LogP contribution in [0.15, 0.2) is 17.0 Å². The van der Waals surface area contributed by atoms with Crippen molar-refractivity contribution in [1.29, 1.82) is 0 Å². The summed E-state index contributed by atoms with van der Waals surface area (Å²) in [5.41, 5.74) is 0. The van der Waals surface area contributed by atoms with Gasteiger partial charge in [-0.05, 0) is 15.9 Å². The van der Waals surface area contributed by atoms with E-state index < -0.39 is 7.04 Å². The van der Waals surface area contributed by atoms with Gasteiger partial charge < -0.3 is 4.74 Å². The molecule has 0 radical (unpaired) electrons. The highest BCUT2D eigenvalue weighted by Crippen LogP contribution is 2.08. The zero-order valence-corrected chi connectivity index (χ0v) is 5.92. The van der Waals surface area contributed by atoms with E-state index in [1.54, 1.807) is 0 Å². The van der Waals surface area contributed by atoms with Crippen LogP contribution in [0.1, 0.15) is 4.11 Å². The van der Waals surface area contributed by atoms with Crippen molar-refractivity contribution >= 4 is 15.9 Å². The molecule has 0 atom stereocenters. The molecule has 0 spiro atoms. The first-order valence-electron chi connectivity index (χ1n) is 3.64. The molecule has 0 bridgehead atoms. The van der Waals surface area contributed by atoms with Crippen molar-refractivity contribution in [2.24, 2.45) is 0 Å². The van der Waals surface area contributed by atoms with Crippen molar-refractivity contribution in [2.75, 3.05) is 7.04 Å². The molecular weight excluding hydrogens is 184 g/mol. The Hall–Kier alpha value is -0.640. The highest BCUT2D eigenvalue weighted by molar-refractivity contribution is 9.10. The molecule has 9 heavy (non-hydrogen) atoms. The van der Waals surface area contributed by atoms with E-state index in [4.69, 9.17) is 4.11 Å². The molecule has 0 aromatic carbocycles. The molecule has 1 aromatic rings. The third kappa shape index (κ3) is 1.64. The Morgan fingerprint density at radius 1 is 1.78 bits per heavy atom. The minimum absolute atomic E-state index is 0.0237. The molecule has 1 aromatic heterocycles. The molecule has 0 amide bonds. The van der Waals surface area contributed by atoms with E-state index in [-0.39, 0.29) is 5.88 Å². The van der Waals surface area contributed by atoms with Crippen LogP contribution in [-0.2, 0) is 0 Å². The first-order chi connectivity index (χ1) is 5.47. The minimum atomic E-state index is -2.48. The number of halogens is 1. The summed E-state index contributed by atoms with van der Waals surface area (Å²) in [7, 11) is -2.48. The second-order valence-electron chi connectivity index (χ2n) is 1.28. The fourth-order valence-electron chi connectivity index (χ4n) is 0.375. The van der Waals surface area contributed by atoms with Crippen LogP contribution < -0.4 is 4.74 Å². The van der Waals surface area contributed by atoms with Crippen molar-refractivity contribution in [3.8, 4) is 5.88 Å². The molecule has 1 heterocycles. The molecule has 0 aliphatic carbocycles. The van der Waals surface area contributed by atoms with E-state index in [1.807, 2.05) is 0 Å². The molecular formula is C5H5BrN2O. The average molecular weight is 192 g/mol. The first-order valence-corrected chi connectivity index (χ1v) is 2.93. The molecule has 0 aliphatic heterocycles. The average Bonchev–Trinajstić information content (AvgIpc) is 1.82. The van der Waals surface area contributed by atoms with Crippen LogP contribution in [0.3, 0.4) is 0 Å². The molecule has 0 aliphatic rings. The molecule has 0 fully saturated rings. The van der Waals surface area contributed by atoms with E-state index in [0.717, 1.165) is 0 Å². The zero-order chi connectivity index (χ0) is 9.19. The van der Waals surface area contributed by atoms with Crippen molar-refractivity contribution in [2.45, 2.75) is 0 Å². The number of rotatable bonds is 1. The second-order valence-corrected chi connectivity index (χ2v) is 2.09. The van der Waals surface area contributed by atoms with E-state index in [1.165, 1.54) is 12.4 Å².